The van der Waals surface area contributed by atoms with Crippen LogP contribution in [0, 0.1) is 6.92 Å². The van der Waals surface area contributed by atoms with E-state index in [1.165, 1.54) is 11.3 Å². The van der Waals surface area contributed by atoms with Crippen LogP contribution in [0.2, 0.25) is 0 Å². The highest BCUT2D eigenvalue weighted by Gasteiger charge is 2.19. The summed E-state index contributed by atoms with van der Waals surface area (Å²) in [6, 6.07) is 22.0. The Morgan fingerprint density at radius 2 is 1.85 bits per heavy atom. The number of hydrogen-bond donors (Lipinski definition) is 1. The third-order valence-corrected chi connectivity index (χ3v) is 4.73. The summed E-state index contributed by atoms with van der Waals surface area (Å²) in [5, 5.41) is 3.02. The van der Waals surface area contributed by atoms with E-state index in [0.29, 0.717) is 5.69 Å². The Bertz CT molecular complexity index is 951. The smallest absolute Gasteiger partial charge is 0.274 e. The number of anilines is 2. The van der Waals surface area contributed by atoms with Crippen molar-refractivity contribution in [1.29, 1.82) is 0 Å². The number of carbonyl (C=O) groups excluding carboxylic acids is 1. The Balaban J connectivity index is 1.55. The van der Waals surface area contributed by atoms with E-state index < -0.39 is 0 Å². The zero-order chi connectivity index (χ0) is 17.9. The number of rotatable bonds is 4. The van der Waals surface area contributed by atoms with Gasteiger partial charge in [-0.15, -0.1) is 0 Å². The van der Waals surface area contributed by atoms with Gasteiger partial charge in [0.2, 0.25) is 0 Å². The Morgan fingerprint density at radius 1 is 1.04 bits per heavy atom. The summed E-state index contributed by atoms with van der Waals surface area (Å²) < 4.78 is 0. The minimum absolute atomic E-state index is 0.178. The first-order chi connectivity index (χ1) is 12.7. The van der Waals surface area contributed by atoms with Crippen LogP contribution in [0.15, 0.2) is 66.7 Å². The maximum atomic E-state index is 12.6. The fraction of sp³-hybridized carbons (Fsp3) is 0.182. The first-order valence-corrected chi connectivity index (χ1v) is 8.86. The monoisotopic (exact) mass is 343 g/mol. The summed E-state index contributed by atoms with van der Waals surface area (Å²) in [4.78, 5) is 19.2. The summed E-state index contributed by atoms with van der Waals surface area (Å²) in [6.07, 6.45) is 1.07. The highest BCUT2D eigenvalue weighted by Crippen LogP contribution is 2.30. The predicted octanol–water partition coefficient (Wildman–Crippen LogP) is 4.21. The van der Waals surface area contributed by atoms with Gasteiger partial charge in [-0.3, -0.25) is 4.79 Å². The molecule has 1 aliphatic rings. The lowest BCUT2D eigenvalue weighted by Crippen LogP contribution is -2.22. The largest absolute Gasteiger partial charge is 0.367 e. The van der Waals surface area contributed by atoms with Gasteiger partial charge in [0.1, 0.15) is 5.69 Å². The summed E-state index contributed by atoms with van der Waals surface area (Å²) in [7, 11) is 0. The van der Waals surface area contributed by atoms with E-state index in [2.05, 4.69) is 45.5 Å². The van der Waals surface area contributed by atoms with Gasteiger partial charge in [0.05, 0.1) is 0 Å². The summed E-state index contributed by atoms with van der Waals surface area (Å²) in [5.74, 6) is -0.178. The molecule has 0 unspecified atom stereocenters. The number of nitrogens with one attached hydrogen (secondary N) is 1. The second kappa shape index (κ2) is 7.00. The van der Waals surface area contributed by atoms with Crippen molar-refractivity contribution in [2.75, 3.05) is 16.8 Å². The number of nitrogens with zero attached hydrogens (tertiary/aromatic N) is 2. The van der Waals surface area contributed by atoms with Crippen LogP contribution < -0.4 is 10.2 Å². The molecule has 0 atom stereocenters. The van der Waals surface area contributed by atoms with Gasteiger partial charge in [-0.2, -0.15) is 0 Å². The van der Waals surface area contributed by atoms with Crippen molar-refractivity contribution >= 4 is 17.3 Å². The minimum atomic E-state index is -0.178. The molecule has 0 aliphatic carbocycles. The van der Waals surface area contributed by atoms with E-state index in [0.717, 1.165) is 36.5 Å². The number of aromatic nitrogens is 1. The van der Waals surface area contributed by atoms with Gasteiger partial charge in [-0.1, -0.05) is 42.5 Å². The van der Waals surface area contributed by atoms with Crippen LogP contribution in [0.25, 0.3) is 0 Å². The third-order valence-electron chi connectivity index (χ3n) is 4.73. The SMILES string of the molecule is Cc1cccc(C(=O)Nc2ccccc2CN2CCc3ccccc32)n1. The lowest BCUT2D eigenvalue weighted by molar-refractivity contribution is 0.102. The van der Waals surface area contributed by atoms with Gasteiger partial charge in [-0.05, 0) is 48.7 Å². The standard InChI is InChI=1S/C22H21N3O/c1-16-7-6-11-20(23-16)22(26)24-19-10-4-2-9-18(19)15-25-14-13-17-8-3-5-12-21(17)25/h2-12H,13-15H2,1H3,(H,24,26). The molecule has 0 fully saturated rings. The second-order valence-corrected chi connectivity index (χ2v) is 6.58. The van der Waals surface area contributed by atoms with Crippen LogP contribution in [0.3, 0.4) is 0 Å². The molecule has 4 rings (SSSR count). The molecule has 3 aromatic rings. The van der Waals surface area contributed by atoms with E-state index in [1.807, 2.05) is 37.3 Å². The first kappa shape index (κ1) is 16.3. The van der Waals surface area contributed by atoms with E-state index in [4.69, 9.17) is 0 Å². The van der Waals surface area contributed by atoms with Gasteiger partial charge < -0.3 is 10.2 Å². The average molecular weight is 343 g/mol. The average Bonchev–Trinajstić information content (AvgIpc) is 3.06. The molecule has 1 aromatic heterocycles. The first-order valence-electron chi connectivity index (χ1n) is 8.86. The van der Waals surface area contributed by atoms with Crippen molar-refractivity contribution in [1.82, 2.24) is 4.98 Å². The molecule has 4 heteroatoms. The van der Waals surface area contributed by atoms with Gasteiger partial charge in [-0.25, -0.2) is 4.98 Å². The van der Waals surface area contributed by atoms with Crippen molar-refractivity contribution in [3.05, 3.63) is 89.2 Å². The molecular weight excluding hydrogens is 322 g/mol. The lowest BCUT2D eigenvalue weighted by atomic mass is 10.1. The lowest BCUT2D eigenvalue weighted by Gasteiger charge is -2.21. The normalized spacial score (nSPS) is 12.7. The van der Waals surface area contributed by atoms with Crippen molar-refractivity contribution in [3.8, 4) is 0 Å². The van der Waals surface area contributed by atoms with Gasteiger partial charge in [0, 0.05) is 30.2 Å². The Hall–Kier alpha value is -3.14. The molecule has 130 valence electrons. The maximum absolute atomic E-state index is 12.6. The molecule has 4 nitrogen and oxygen atoms in total. The fourth-order valence-corrected chi connectivity index (χ4v) is 3.41. The van der Waals surface area contributed by atoms with Crippen LogP contribution in [-0.4, -0.2) is 17.4 Å². The minimum Gasteiger partial charge on any atom is -0.367 e. The van der Waals surface area contributed by atoms with Crippen LogP contribution in [0.1, 0.15) is 27.3 Å². The summed E-state index contributed by atoms with van der Waals surface area (Å²) in [5.41, 5.74) is 5.88. The topological polar surface area (TPSA) is 45.2 Å². The second-order valence-electron chi connectivity index (χ2n) is 6.58. The van der Waals surface area contributed by atoms with Crippen LogP contribution >= 0.6 is 0 Å². The maximum Gasteiger partial charge on any atom is 0.274 e. The molecule has 26 heavy (non-hydrogen) atoms. The highest BCUT2D eigenvalue weighted by atomic mass is 16.1. The predicted molar refractivity (Wildman–Crippen MR) is 105 cm³/mol. The van der Waals surface area contributed by atoms with Gasteiger partial charge in [0.25, 0.3) is 5.91 Å². The van der Waals surface area contributed by atoms with Crippen molar-refractivity contribution in [3.63, 3.8) is 0 Å². The number of carbonyl (C=O) groups is 1. The molecule has 2 heterocycles. The van der Waals surface area contributed by atoms with Crippen molar-refractivity contribution in [2.45, 2.75) is 19.9 Å². The summed E-state index contributed by atoms with van der Waals surface area (Å²) >= 11 is 0. The van der Waals surface area contributed by atoms with Gasteiger partial charge in [0.15, 0.2) is 0 Å². The Morgan fingerprint density at radius 3 is 2.73 bits per heavy atom. The number of amides is 1. The quantitative estimate of drug-likeness (QED) is 0.772. The zero-order valence-corrected chi connectivity index (χ0v) is 14.8. The zero-order valence-electron chi connectivity index (χ0n) is 14.8. The summed E-state index contributed by atoms with van der Waals surface area (Å²) in [6.45, 7) is 3.66. The third kappa shape index (κ3) is 3.31. The molecule has 0 saturated heterocycles. The molecule has 1 N–H and O–H groups in total. The van der Waals surface area contributed by atoms with Crippen LogP contribution in [0.4, 0.5) is 11.4 Å². The van der Waals surface area contributed by atoms with E-state index in [9.17, 15) is 4.79 Å². The van der Waals surface area contributed by atoms with Crippen molar-refractivity contribution < 1.29 is 4.79 Å². The molecule has 0 spiro atoms. The molecule has 0 saturated carbocycles. The highest BCUT2D eigenvalue weighted by molar-refractivity contribution is 6.03. The molecule has 1 amide bonds. The molecular formula is C22H21N3O. The van der Waals surface area contributed by atoms with E-state index >= 15 is 0 Å². The molecule has 1 aliphatic heterocycles. The molecule has 2 aromatic carbocycles. The van der Waals surface area contributed by atoms with E-state index in [-0.39, 0.29) is 5.91 Å². The number of pyridine rings is 1. The van der Waals surface area contributed by atoms with Crippen LogP contribution in [0.5, 0.6) is 0 Å². The van der Waals surface area contributed by atoms with Crippen LogP contribution in [-0.2, 0) is 13.0 Å². The Kier molecular flexibility index (Phi) is 4.40. The number of para-hydroxylation sites is 2. The number of aryl methyl sites for hydroxylation is 1. The number of hydrogen-bond acceptors (Lipinski definition) is 3. The Labute approximate surface area is 153 Å². The molecule has 0 bridgehead atoms. The fourth-order valence-electron chi connectivity index (χ4n) is 3.41. The number of benzene rings is 2. The molecule has 0 radical (unpaired) electrons. The van der Waals surface area contributed by atoms with Gasteiger partial charge >= 0.3 is 0 Å². The number of fused-ring (bicyclic) bond motifs is 1. The van der Waals surface area contributed by atoms with E-state index in [1.54, 1.807) is 6.07 Å². The van der Waals surface area contributed by atoms with Crippen molar-refractivity contribution in [2.24, 2.45) is 0 Å².